The number of rotatable bonds is 8. The van der Waals surface area contributed by atoms with E-state index < -0.39 is 12.0 Å². The normalized spacial score (nSPS) is 15.1. The van der Waals surface area contributed by atoms with Crippen LogP contribution in [0.1, 0.15) is 29.9 Å². The molecular weight excluding hydrogens is 454 g/mol. The minimum absolute atomic E-state index is 0.157. The van der Waals surface area contributed by atoms with Gasteiger partial charge in [-0.1, -0.05) is 48.5 Å². The summed E-state index contributed by atoms with van der Waals surface area (Å²) in [6, 6.07) is 19.1. The van der Waals surface area contributed by atoms with Gasteiger partial charge in [0.2, 0.25) is 5.91 Å². The van der Waals surface area contributed by atoms with Crippen LogP contribution in [0.4, 0.5) is 5.69 Å². The number of aliphatic carboxylic acids is 1. The third kappa shape index (κ3) is 5.54. The summed E-state index contributed by atoms with van der Waals surface area (Å²) >= 11 is 0. The fraction of sp³-hybridized carbons (Fsp3) is 0.286. The summed E-state index contributed by atoms with van der Waals surface area (Å²) in [5.74, 6) is -0.709. The maximum Gasteiger partial charge on any atom is 0.326 e. The van der Waals surface area contributed by atoms with Crippen molar-refractivity contribution < 1.29 is 14.7 Å². The van der Waals surface area contributed by atoms with E-state index in [1.807, 2.05) is 60.8 Å². The molecule has 2 aromatic heterocycles. The molecule has 1 fully saturated rings. The maximum atomic E-state index is 12.9. The van der Waals surface area contributed by atoms with Crippen LogP contribution in [-0.2, 0) is 22.4 Å². The van der Waals surface area contributed by atoms with Crippen molar-refractivity contribution in [3.8, 4) is 0 Å². The highest BCUT2D eigenvalue weighted by Crippen LogP contribution is 2.25. The van der Waals surface area contributed by atoms with Crippen LogP contribution in [0.25, 0.3) is 10.9 Å². The molecule has 2 aromatic carbocycles. The molecular formula is C28H29N5O3. The van der Waals surface area contributed by atoms with Gasteiger partial charge in [0.15, 0.2) is 0 Å². The first-order chi connectivity index (χ1) is 17.5. The minimum Gasteiger partial charge on any atom is -0.480 e. The van der Waals surface area contributed by atoms with E-state index in [0.717, 1.165) is 41.1 Å². The molecule has 1 unspecified atom stereocenters. The lowest BCUT2D eigenvalue weighted by Crippen LogP contribution is -2.47. The van der Waals surface area contributed by atoms with Crippen LogP contribution < -0.4 is 10.2 Å². The molecule has 8 nitrogen and oxygen atoms in total. The van der Waals surface area contributed by atoms with Crippen LogP contribution >= 0.6 is 0 Å². The molecule has 0 saturated carbocycles. The van der Waals surface area contributed by atoms with Gasteiger partial charge in [-0.05, 0) is 30.5 Å². The first kappa shape index (κ1) is 23.5. The largest absolute Gasteiger partial charge is 0.480 e. The van der Waals surface area contributed by atoms with Crippen molar-refractivity contribution in [3.05, 3.63) is 90.1 Å². The molecule has 1 atom stereocenters. The molecule has 3 heterocycles. The molecule has 1 aliphatic heterocycles. The lowest BCUT2D eigenvalue weighted by molar-refractivity contribution is -0.142. The third-order valence-corrected chi connectivity index (χ3v) is 6.74. The van der Waals surface area contributed by atoms with Gasteiger partial charge in [-0.15, -0.1) is 0 Å². The first-order valence-electron chi connectivity index (χ1n) is 12.2. The number of pyridine rings is 1. The summed E-state index contributed by atoms with van der Waals surface area (Å²) in [6.45, 7) is 1.44. The molecule has 1 saturated heterocycles. The van der Waals surface area contributed by atoms with Crippen molar-refractivity contribution in [2.45, 2.75) is 31.7 Å². The van der Waals surface area contributed by atoms with Crippen molar-refractivity contribution in [1.29, 1.82) is 0 Å². The number of aromatic nitrogens is 3. The molecule has 1 aliphatic rings. The van der Waals surface area contributed by atoms with E-state index in [9.17, 15) is 14.7 Å². The average Bonchev–Trinajstić information content (AvgIpc) is 3.35. The number of carbonyl (C=O) groups excluding carboxylic acids is 1. The maximum absolute atomic E-state index is 12.9. The molecule has 0 aliphatic carbocycles. The van der Waals surface area contributed by atoms with Crippen LogP contribution in [0.5, 0.6) is 0 Å². The van der Waals surface area contributed by atoms with Gasteiger partial charge in [0, 0.05) is 49.1 Å². The second-order valence-corrected chi connectivity index (χ2v) is 9.27. The standard InChI is InChI=1S/C28H29N5O3/c34-27(20-10-12-33(13-11-20)23-15-21-8-4-5-9-24(21)29-18-23)32-25(28(35)36)16-22-17-30-26(31-22)14-19-6-2-1-3-7-19/h1-9,15,17-18,20,25H,10-14,16H2,(H,30,31)(H,32,34)(H,35,36). The van der Waals surface area contributed by atoms with E-state index >= 15 is 0 Å². The van der Waals surface area contributed by atoms with Crippen molar-refractivity contribution >= 4 is 28.5 Å². The van der Waals surface area contributed by atoms with Crippen LogP contribution in [0, 0.1) is 5.92 Å². The smallest absolute Gasteiger partial charge is 0.326 e. The second-order valence-electron chi connectivity index (χ2n) is 9.27. The predicted octanol–water partition coefficient (Wildman–Crippen LogP) is 3.58. The monoisotopic (exact) mass is 483 g/mol. The van der Waals surface area contributed by atoms with Crippen LogP contribution in [-0.4, -0.2) is 51.1 Å². The number of H-pyrrole nitrogens is 1. The Balaban J connectivity index is 1.16. The van der Waals surface area contributed by atoms with E-state index in [1.54, 1.807) is 6.20 Å². The SMILES string of the molecule is O=C(NC(Cc1cnc(Cc2ccccc2)[nH]1)C(=O)O)C1CCN(c2cnc3ccccc3c2)CC1. The number of anilines is 1. The molecule has 4 aromatic rings. The Morgan fingerprint density at radius 2 is 1.78 bits per heavy atom. The van der Waals surface area contributed by atoms with E-state index in [2.05, 4.69) is 31.2 Å². The number of carboxylic acids is 1. The zero-order valence-corrected chi connectivity index (χ0v) is 19.9. The predicted molar refractivity (Wildman–Crippen MR) is 138 cm³/mol. The molecule has 5 rings (SSSR count). The number of hydrogen-bond donors (Lipinski definition) is 3. The van der Waals surface area contributed by atoms with Gasteiger partial charge >= 0.3 is 5.97 Å². The zero-order chi connectivity index (χ0) is 24.9. The number of para-hydroxylation sites is 1. The van der Waals surface area contributed by atoms with Crippen molar-refractivity contribution in [3.63, 3.8) is 0 Å². The quantitative estimate of drug-likeness (QED) is 0.353. The molecule has 3 N–H and O–H groups in total. The number of carboxylic acid groups (broad SMARTS) is 1. The number of amides is 1. The Hall–Kier alpha value is -4.20. The highest BCUT2D eigenvalue weighted by molar-refractivity contribution is 5.85. The lowest BCUT2D eigenvalue weighted by atomic mass is 9.95. The zero-order valence-electron chi connectivity index (χ0n) is 19.9. The highest BCUT2D eigenvalue weighted by atomic mass is 16.4. The van der Waals surface area contributed by atoms with Crippen LogP contribution in [0.3, 0.4) is 0 Å². The van der Waals surface area contributed by atoms with E-state index in [4.69, 9.17) is 0 Å². The van der Waals surface area contributed by atoms with Crippen LogP contribution in [0.2, 0.25) is 0 Å². The molecule has 0 radical (unpaired) electrons. The topological polar surface area (TPSA) is 111 Å². The van der Waals surface area contributed by atoms with Gasteiger partial charge in [0.25, 0.3) is 0 Å². The minimum atomic E-state index is -1.05. The number of benzene rings is 2. The Kier molecular flexibility index (Phi) is 6.93. The molecule has 0 spiro atoms. The molecule has 36 heavy (non-hydrogen) atoms. The second kappa shape index (κ2) is 10.6. The fourth-order valence-electron chi connectivity index (χ4n) is 4.73. The average molecular weight is 484 g/mol. The Morgan fingerprint density at radius 3 is 2.56 bits per heavy atom. The van der Waals surface area contributed by atoms with Crippen LogP contribution in [0.15, 0.2) is 73.1 Å². The Bertz CT molecular complexity index is 1350. The summed E-state index contributed by atoms with van der Waals surface area (Å²) in [6.07, 6.45) is 5.64. The van der Waals surface area contributed by atoms with Crippen molar-refractivity contribution in [2.75, 3.05) is 18.0 Å². The number of imidazole rings is 1. The van der Waals surface area contributed by atoms with Gasteiger partial charge in [0.05, 0.1) is 17.4 Å². The van der Waals surface area contributed by atoms with Gasteiger partial charge in [-0.25, -0.2) is 9.78 Å². The number of piperidine rings is 1. The lowest BCUT2D eigenvalue weighted by Gasteiger charge is -2.33. The van der Waals surface area contributed by atoms with Crippen molar-refractivity contribution in [1.82, 2.24) is 20.3 Å². The summed E-state index contributed by atoms with van der Waals surface area (Å²) in [4.78, 5) is 39.2. The summed E-state index contributed by atoms with van der Waals surface area (Å²) in [5.41, 5.74) is 3.81. The molecule has 184 valence electrons. The van der Waals surface area contributed by atoms with Gasteiger partial charge in [-0.2, -0.15) is 0 Å². The summed E-state index contributed by atoms with van der Waals surface area (Å²) in [5, 5.41) is 13.6. The molecule has 1 amide bonds. The molecule has 8 heteroatoms. The van der Waals surface area contributed by atoms with E-state index in [1.165, 1.54) is 0 Å². The van der Waals surface area contributed by atoms with Crippen molar-refractivity contribution in [2.24, 2.45) is 5.92 Å². The number of fused-ring (bicyclic) bond motifs is 1. The van der Waals surface area contributed by atoms with E-state index in [0.29, 0.717) is 25.0 Å². The van der Waals surface area contributed by atoms with Gasteiger partial charge < -0.3 is 20.3 Å². The number of nitrogens with zero attached hydrogens (tertiary/aromatic N) is 3. The first-order valence-corrected chi connectivity index (χ1v) is 12.2. The number of carbonyl (C=O) groups is 2. The number of nitrogens with one attached hydrogen (secondary N) is 2. The Morgan fingerprint density at radius 1 is 1.03 bits per heavy atom. The highest BCUT2D eigenvalue weighted by Gasteiger charge is 2.29. The molecule has 0 bridgehead atoms. The van der Waals surface area contributed by atoms with E-state index in [-0.39, 0.29) is 18.2 Å². The number of hydrogen-bond acceptors (Lipinski definition) is 5. The summed E-state index contributed by atoms with van der Waals surface area (Å²) in [7, 11) is 0. The summed E-state index contributed by atoms with van der Waals surface area (Å²) < 4.78 is 0. The third-order valence-electron chi connectivity index (χ3n) is 6.74. The fourth-order valence-corrected chi connectivity index (χ4v) is 4.73. The Labute approximate surface area is 209 Å². The van der Waals surface area contributed by atoms with Gasteiger partial charge in [0.1, 0.15) is 11.9 Å². The number of aromatic amines is 1. The van der Waals surface area contributed by atoms with Gasteiger partial charge in [-0.3, -0.25) is 9.78 Å².